The molecule has 16 heavy (non-hydrogen) atoms. The molecule has 1 aliphatic heterocycles. The van der Waals surface area contributed by atoms with Crippen LogP contribution in [0, 0.1) is 0 Å². The van der Waals surface area contributed by atoms with E-state index in [2.05, 4.69) is 4.98 Å². The number of rotatable bonds is 1. The Hall–Kier alpha value is -2.10. The molecule has 3 rings (SSSR count). The zero-order valence-corrected chi connectivity index (χ0v) is 8.47. The molecule has 0 atom stereocenters. The standard InChI is InChI=1S/C12H9NO3/c14-7-8-3-9-4-11-12(16-2-1-15-11)5-10(9)13-6-8/h3-7H,1-2H2. The summed E-state index contributed by atoms with van der Waals surface area (Å²) in [5.74, 6) is 1.42. The Bertz CT molecular complexity index is 565. The molecule has 0 amide bonds. The number of carbonyl (C=O) groups is 1. The smallest absolute Gasteiger partial charge is 0.163 e. The van der Waals surface area contributed by atoms with Gasteiger partial charge in [-0.1, -0.05) is 0 Å². The Labute approximate surface area is 91.8 Å². The maximum Gasteiger partial charge on any atom is 0.163 e. The van der Waals surface area contributed by atoms with Crippen LogP contribution in [0.4, 0.5) is 0 Å². The SMILES string of the molecule is O=Cc1cnc2cc3c(cc2c1)OCCO3. The van der Waals surface area contributed by atoms with Crippen molar-refractivity contribution in [3.63, 3.8) is 0 Å². The molecule has 1 aromatic heterocycles. The molecule has 0 spiro atoms. The summed E-state index contributed by atoms with van der Waals surface area (Å²) in [6, 6.07) is 5.47. The Morgan fingerprint density at radius 3 is 2.62 bits per heavy atom. The molecule has 0 N–H and O–H groups in total. The molecule has 4 nitrogen and oxygen atoms in total. The van der Waals surface area contributed by atoms with Crippen LogP contribution in [0.1, 0.15) is 10.4 Å². The third-order valence-electron chi connectivity index (χ3n) is 2.50. The highest BCUT2D eigenvalue weighted by Gasteiger charge is 2.13. The summed E-state index contributed by atoms with van der Waals surface area (Å²) in [7, 11) is 0. The molecule has 0 bridgehead atoms. The number of hydrogen-bond acceptors (Lipinski definition) is 4. The minimum atomic E-state index is 0.555. The molecule has 0 saturated heterocycles. The molecule has 2 heterocycles. The molecule has 0 aliphatic carbocycles. The molecule has 0 saturated carbocycles. The van der Waals surface area contributed by atoms with Gasteiger partial charge in [-0.15, -0.1) is 0 Å². The summed E-state index contributed by atoms with van der Waals surface area (Å²) < 4.78 is 10.9. The van der Waals surface area contributed by atoms with E-state index in [0.29, 0.717) is 30.3 Å². The van der Waals surface area contributed by atoms with Crippen LogP contribution in [0.5, 0.6) is 11.5 Å². The first-order chi connectivity index (χ1) is 7.86. The zero-order chi connectivity index (χ0) is 11.0. The Balaban J connectivity index is 2.23. The molecular formula is C12H9NO3. The van der Waals surface area contributed by atoms with Gasteiger partial charge in [-0.3, -0.25) is 9.78 Å². The Morgan fingerprint density at radius 2 is 1.88 bits per heavy atom. The van der Waals surface area contributed by atoms with Crippen molar-refractivity contribution in [1.29, 1.82) is 0 Å². The fraction of sp³-hybridized carbons (Fsp3) is 0.167. The maximum absolute atomic E-state index is 10.6. The lowest BCUT2D eigenvalue weighted by Gasteiger charge is -2.18. The van der Waals surface area contributed by atoms with E-state index >= 15 is 0 Å². The number of hydrogen-bond donors (Lipinski definition) is 0. The molecule has 0 unspecified atom stereocenters. The van der Waals surface area contributed by atoms with Crippen LogP contribution in [0.3, 0.4) is 0 Å². The van der Waals surface area contributed by atoms with Crippen LogP contribution in [-0.2, 0) is 0 Å². The molecule has 4 heteroatoms. The average Bonchev–Trinajstić information content (AvgIpc) is 2.35. The van der Waals surface area contributed by atoms with Crippen LogP contribution >= 0.6 is 0 Å². The van der Waals surface area contributed by atoms with E-state index in [1.54, 1.807) is 12.3 Å². The van der Waals surface area contributed by atoms with Crippen LogP contribution < -0.4 is 9.47 Å². The maximum atomic E-state index is 10.6. The average molecular weight is 215 g/mol. The van der Waals surface area contributed by atoms with Crippen molar-refractivity contribution >= 4 is 17.2 Å². The van der Waals surface area contributed by atoms with Crippen molar-refractivity contribution in [3.8, 4) is 11.5 Å². The normalized spacial score (nSPS) is 13.8. The van der Waals surface area contributed by atoms with E-state index in [0.717, 1.165) is 17.2 Å². The Kier molecular flexibility index (Phi) is 1.99. The van der Waals surface area contributed by atoms with Gasteiger partial charge in [0.05, 0.1) is 5.52 Å². The van der Waals surface area contributed by atoms with Gasteiger partial charge in [0.1, 0.15) is 13.2 Å². The lowest BCUT2D eigenvalue weighted by molar-refractivity contribution is 0.112. The summed E-state index contributed by atoms with van der Waals surface area (Å²) >= 11 is 0. The van der Waals surface area contributed by atoms with Gasteiger partial charge in [0, 0.05) is 23.2 Å². The fourth-order valence-electron chi connectivity index (χ4n) is 1.75. The van der Waals surface area contributed by atoms with E-state index in [9.17, 15) is 4.79 Å². The van der Waals surface area contributed by atoms with Gasteiger partial charge in [0.15, 0.2) is 17.8 Å². The number of aldehydes is 1. The van der Waals surface area contributed by atoms with Gasteiger partial charge in [-0.2, -0.15) is 0 Å². The van der Waals surface area contributed by atoms with Crippen LogP contribution in [0.25, 0.3) is 10.9 Å². The monoisotopic (exact) mass is 215 g/mol. The lowest BCUT2D eigenvalue weighted by Crippen LogP contribution is -2.15. The second kappa shape index (κ2) is 3.48. The number of fused-ring (bicyclic) bond motifs is 2. The largest absolute Gasteiger partial charge is 0.486 e. The second-order valence-electron chi connectivity index (χ2n) is 3.58. The van der Waals surface area contributed by atoms with E-state index in [1.165, 1.54) is 0 Å². The predicted molar refractivity (Wildman–Crippen MR) is 58.1 cm³/mol. The highest BCUT2D eigenvalue weighted by atomic mass is 16.6. The van der Waals surface area contributed by atoms with Crippen LogP contribution in [0.2, 0.25) is 0 Å². The minimum Gasteiger partial charge on any atom is -0.486 e. The summed E-state index contributed by atoms with van der Waals surface area (Å²) in [6.45, 7) is 1.12. The van der Waals surface area contributed by atoms with Crippen molar-refractivity contribution in [2.45, 2.75) is 0 Å². The summed E-state index contributed by atoms with van der Waals surface area (Å²) in [5, 5.41) is 0.883. The van der Waals surface area contributed by atoms with Crippen molar-refractivity contribution in [2.75, 3.05) is 13.2 Å². The van der Waals surface area contributed by atoms with Gasteiger partial charge in [0.2, 0.25) is 0 Å². The van der Waals surface area contributed by atoms with Crippen LogP contribution in [0.15, 0.2) is 24.4 Å². The first kappa shape index (κ1) is 9.15. The van der Waals surface area contributed by atoms with Crippen molar-refractivity contribution in [2.24, 2.45) is 0 Å². The molecule has 1 aliphatic rings. The lowest BCUT2D eigenvalue weighted by atomic mass is 10.1. The first-order valence-electron chi connectivity index (χ1n) is 5.01. The van der Waals surface area contributed by atoms with Gasteiger partial charge < -0.3 is 9.47 Å². The van der Waals surface area contributed by atoms with Crippen molar-refractivity contribution < 1.29 is 14.3 Å². The third-order valence-corrected chi connectivity index (χ3v) is 2.50. The van der Waals surface area contributed by atoms with Crippen molar-refractivity contribution in [3.05, 3.63) is 30.0 Å². The number of pyridine rings is 1. The van der Waals surface area contributed by atoms with E-state index in [4.69, 9.17) is 9.47 Å². The Morgan fingerprint density at radius 1 is 1.12 bits per heavy atom. The molecule has 1 aromatic carbocycles. The quantitative estimate of drug-likeness (QED) is 0.681. The van der Waals surface area contributed by atoms with Gasteiger partial charge >= 0.3 is 0 Å². The van der Waals surface area contributed by atoms with E-state index in [-0.39, 0.29) is 0 Å². The highest BCUT2D eigenvalue weighted by molar-refractivity contribution is 5.88. The van der Waals surface area contributed by atoms with Gasteiger partial charge in [-0.25, -0.2) is 0 Å². The number of benzene rings is 1. The van der Waals surface area contributed by atoms with E-state index < -0.39 is 0 Å². The topological polar surface area (TPSA) is 48.4 Å². The summed E-state index contributed by atoms with van der Waals surface area (Å²) in [5.41, 5.74) is 1.36. The highest BCUT2D eigenvalue weighted by Crippen LogP contribution is 2.33. The fourth-order valence-corrected chi connectivity index (χ4v) is 1.75. The van der Waals surface area contributed by atoms with Crippen molar-refractivity contribution in [1.82, 2.24) is 4.98 Å². The summed E-state index contributed by atoms with van der Waals surface area (Å²) in [6.07, 6.45) is 2.33. The minimum absolute atomic E-state index is 0.555. The van der Waals surface area contributed by atoms with Crippen LogP contribution in [-0.4, -0.2) is 24.5 Å². The predicted octanol–water partition coefficient (Wildman–Crippen LogP) is 1.82. The number of carbonyl (C=O) groups excluding carboxylic acids is 1. The third kappa shape index (κ3) is 1.39. The van der Waals surface area contributed by atoms with Gasteiger partial charge in [0.25, 0.3) is 0 Å². The van der Waals surface area contributed by atoms with E-state index in [1.807, 2.05) is 12.1 Å². The molecule has 0 radical (unpaired) electrons. The molecule has 80 valence electrons. The number of nitrogens with zero attached hydrogens (tertiary/aromatic N) is 1. The zero-order valence-electron chi connectivity index (χ0n) is 8.47. The number of aromatic nitrogens is 1. The summed E-state index contributed by atoms with van der Waals surface area (Å²) in [4.78, 5) is 14.8. The van der Waals surface area contributed by atoms with Gasteiger partial charge in [-0.05, 0) is 12.1 Å². The molecule has 2 aromatic rings. The number of ether oxygens (including phenoxy) is 2. The first-order valence-corrected chi connectivity index (χ1v) is 5.01. The molecular weight excluding hydrogens is 206 g/mol. The molecule has 0 fully saturated rings. The second-order valence-corrected chi connectivity index (χ2v) is 3.58.